The summed E-state index contributed by atoms with van der Waals surface area (Å²) in [6.07, 6.45) is 9.60. The highest BCUT2D eigenvalue weighted by atomic mass is 16.2. The van der Waals surface area contributed by atoms with E-state index in [1.807, 2.05) is 46.5 Å². The van der Waals surface area contributed by atoms with Crippen molar-refractivity contribution in [2.45, 2.75) is 19.9 Å². The fourth-order valence-electron chi connectivity index (χ4n) is 2.92. The van der Waals surface area contributed by atoms with E-state index in [2.05, 4.69) is 25.7 Å². The fourth-order valence-corrected chi connectivity index (χ4v) is 2.92. The van der Waals surface area contributed by atoms with Crippen LogP contribution in [0, 0.1) is 0 Å². The smallest absolute Gasteiger partial charge is 0.320 e. The van der Waals surface area contributed by atoms with Crippen LogP contribution in [0.5, 0.6) is 0 Å². The Labute approximate surface area is 161 Å². The lowest BCUT2D eigenvalue weighted by Gasteiger charge is -2.08. The van der Waals surface area contributed by atoms with Crippen molar-refractivity contribution in [3.05, 3.63) is 61.1 Å². The van der Waals surface area contributed by atoms with Crippen LogP contribution in [0.4, 0.5) is 10.6 Å². The van der Waals surface area contributed by atoms with Crippen LogP contribution in [0.25, 0.3) is 16.9 Å². The average Bonchev–Trinajstić information content (AvgIpc) is 3.36. The SMILES string of the molecule is CCNC(=O)Nc1cn2c(CCn3cccn3)nc(-c3cccnc3)cc2n1. The largest absolute Gasteiger partial charge is 0.338 e. The van der Waals surface area contributed by atoms with Gasteiger partial charge in [0.1, 0.15) is 11.5 Å². The molecule has 0 bridgehead atoms. The number of rotatable bonds is 6. The van der Waals surface area contributed by atoms with E-state index in [1.165, 1.54) is 0 Å². The Bertz CT molecular complexity index is 1070. The van der Waals surface area contributed by atoms with Gasteiger partial charge in [-0.25, -0.2) is 14.8 Å². The number of pyridine rings is 1. The predicted molar refractivity (Wildman–Crippen MR) is 105 cm³/mol. The number of amides is 2. The maximum Gasteiger partial charge on any atom is 0.320 e. The standard InChI is InChI=1S/C19H20N8O/c1-2-21-19(28)25-16-13-27-17(6-10-26-9-4-8-22-26)23-15(11-18(27)24-16)14-5-3-7-20-12-14/h3-5,7-9,11-13H,2,6,10H2,1H3,(H2,21,25,28). The second-order valence-electron chi connectivity index (χ2n) is 6.16. The summed E-state index contributed by atoms with van der Waals surface area (Å²) < 4.78 is 3.75. The maximum atomic E-state index is 11.8. The summed E-state index contributed by atoms with van der Waals surface area (Å²) in [7, 11) is 0. The molecule has 0 aliphatic heterocycles. The molecule has 0 saturated heterocycles. The van der Waals surface area contributed by atoms with E-state index in [1.54, 1.807) is 24.8 Å². The number of urea groups is 1. The first-order valence-electron chi connectivity index (χ1n) is 9.04. The number of nitrogens with one attached hydrogen (secondary N) is 2. The number of carbonyl (C=O) groups excluding carboxylic acids is 1. The second kappa shape index (κ2) is 7.87. The normalized spacial score (nSPS) is 10.9. The third-order valence-corrected chi connectivity index (χ3v) is 4.19. The van der Waals surface area contributed by atoms with Gasteiger partial charge >= 0.3 is 6.03 Å². The Kier molecular flexibility index (Phi) is 4.96. The van der Waals surface area contributed by atoms with Crippen molar-refractivity contribution in [1.82, 2.24) is 34.4 Å². The average molecular weight is 376 g/mol. The lowest BCUT2D eigenvalue weighted by molar-refractivity contribution is 0.252. The zero-order chi connectivity index (χ0) is 19.3. The van der Waals surface area contributed by atoms with Crippen LogP contribution < -0.4 is 10.6 Å². The molecule has 0 spiro atoms. The molecule has 0 fully saturated rings. The molecule has 0 aromatic carbocycles. The highest BCUT2D eigenvalue weighted by Crippen LogP contribution is 2.21. The van der Waals surface area contributed by atoms with E-state index >= 15 is 0 Å². The van der Waals surface area contributed by atoms with E-state index < -0.39 is 0 Å². The first-order valence-corrected chi connectivity index (χ1v) is 9.04. The molecule has 28 heavy (non-hydrogen) atoms. The number of aromatic nitrogens is 6. The number of fused-ring (bicyclic) bond motifs is 1. The summed E-state index contributed by atoms with van der Waals surface area (Å²) in [6.45, 7) is 3.09. The van der Waals surface area contributed by atoms with Gasteiger partial charge in [-0.2, -0.15) is 5.10 Å². The van der Waals surface area contributed by atoms with Gasteiger partial charge in [-0.15, -0.1) is 0 Å². The van der Waals surface area contributed by atoms with Gasteiger partial charge in [0.05, 0.1) is 11.9 Å². The van der Waals surface area contributed by atoms with Crippen LogP contribution in [-0.4, -0.2) is 41.7 Å². The van der Waals surface area contributed by atoms with E-state index in [0.717, 1.165) is 17.1 Å². The Balaban J connectivity index is 1.71. The van der Waals surface area contributed by atoms with Crippen molar-refractivity contribution in [1.29, 1.82) is 0 Å². The molecular weight excluding hydrogens is 356 g/mol. The zero-order valence-corrected chi connectivity index (χ0v) is 15.4. The van der Waals surface area contributed by atoms with Crippen LogP contribution in [0.2, 0.25) is 0 Å². The Morgan fingerprint density at radius 2 is 2.14 bits per heavy atom. The van der Waals surface area contributed by atoms with Gasteiger partial charge in [0, 0.05) is 55.9 Å². The second-order valence-corrected chi connectivity index (χ2v) is 6.16. The first-order chi connectivity index (χ1) is 13.7. The molecule has 0 unspecified atom stereocenters. The van der Waals surface area contributed by atoms with Crippen molar-refractivity contribution in [2.24, 2.45) is 0 Å². The van der Waals surface area contributed by atoms with Crippen molar-refractivity contribution in [2.75, 3.05) is 11.9 Å². The molecule has 4 rings (SSSR count). The summed E-state index contributed by atoms with van der Waals surface area (Å²) in [5, 5.41) is 9.69. The predicted octanol–water partition coefficient (Wildman–Crippen LogP) is 2.37. The van der Waals surface area contributed by atoms with E-state index in [0.29, 0.717) is 31.0 Å². The number of nitrogens with zero attached hydrogens (tertiary/aromatic N) is 6. The minimum Gasteiger partial charge on any atom is -0.338 e. The van der Waals surface area contributed by atoms with Gasteiger partial charge in [-0.1, -0.05) is 0 Å². The fraction of sp³-hybridized carbons (Fsp3) is 0.211. The summed E-state index contributed by atoms with van der Waals surface area (Å²) >= 11 is 0. The summed E-state index contributed by atoms with van der Waals surface area (Å²) in [5.41, 5.74) is 2.40. The van der Waals surface area contributed by atoms with Crippen molar-refractivity contribution in [3.8, 4) is 11.3 Å². The van der Waals surface area contributed by atoms with Crippen molar-refractivity contribution in [3.63, 3.8) is 0 Å². The third kappa shape index (κ3) is 3.83. The molecule has 4 aromatic rings. The highest BCUT2D eigenvalue weighted by Gasteiger charge is 2.12. The van der Waals surface area contributed by atoms with E-state index in [-0.39, 0.29) is 6.03 Å². The van der Waals surface area contributed by atoms with E-state index in [4.69, 9.17) is 4.98 Å². The molecule has 142 valence electrons. The number of imidazole rings is 1. The molecule has 9 nitrogen and oxygen atoms in total. The molecule has 0 aliphatic rings. The van der Waals surface area contributed by atoms with Gasteiger partial charge in [0.15, 0.2) is 5.82 Å². The lowest BCUT2D eigenvalue weighted by atomic mass is 10.2. The Morgan fingerprint density at radius 1 is 1.21 bits per heavy atom. The zero-order valence-electron chi connectivity index (χ0n) is 15.4. The maximum absolute atomic E-state index is 11.8. The molecule has 0 radical (unpaired) electrons. The monoisotopic (exact) mass is 376 g/mol. The molecule has 4 aromatic heterocycles. The van der Waals surface area contributed by atoms with Gasteiger partial charge in [0.25, 0.3) is 0 Å². The van der Waals surface area contributed by atoms with Gasteiger partial charge in [-0.05, 0) is 25.1 Å². The number of hydrogen-bond donors (Lipinski definition) is 2. The molecule has 9 heteroatoms. The highest BCUT2D eigenvalue weighted by molar-refractivity contribution is 5.88. The van der Waals surface area contributed by atoms with Crippen LogP contribution in [0.3, 0.4) is 0 Å². The third-order valence-electron chi connectivity index (χ3n) is 4.19. The summed E-state index contributed by atoms with van der Waals surface area (Å²) in [6, 6.07) is 7.32. The minimum absolute atomic E-state index is 0.288. The van der Waals surface area contributed by atoms with Crippen LogP contribution >= 0.6 is 0 Å². The molecule has 2 N–H and O–H groups in total. The number of hydrogen-bond acceptors (Lipinski definition) is 5. The van der Waals surface area contributed by atoms with Crippen LogP contribution in [0.1, 0.15) is 12.7 Å². The van der Waals surface area contributed by atoms with Crippen molar-refractivity contribution < 1.29 is 4.79 Å². The number of carbonyl (C=O) groups is 1. The van der Waals surface area contributed by atoms with Gasteiger partial charge < -0.3 is 5.32 Å². The molecule has 0 aliphatic carbocycles. The number of aryl methyl sites for hydroxylation is 2. The Morgan fingerprint density at radius 3 is 2.89 bits per heavy atom. The van der Waals surface area contributed by atoms with Gasteiger partial charge in [0.2, 0.25) is 0 Å². The van der Waals surface area contributed by atoms with Crippen LogP contribution in [-0.2, 0) is 13.0 Å². The molecule has 4 heterocycles. The van der Waals surface area contributed by atoms with E-state index in [9.17, 15) is 4.79 Å². The topological polar surface area (TPSA) is 102 Å². The lowest BCUT2D eigenvalue weighted by Crippen LogP contribution is -2.28. The van der Waals surface area contributed by atoms with Crippen molar-refractivity contribution >= 4 is 17.5 Å². The molecule has 0 atom stereocenters. The Hall–Kier alpha value is -3.75. The minimum atomic E-state index is -0.288. The summed E-state index contributed by atoms with van der Waals surface area (Å²) in [4.78, 5) is 25.4. The number of anilines is 1. The van der Waals surface area contributed by atoms with Gasteiger partial charge in [-0.3, -0.25) is 19.4 Å². The first kappa shape index (κ1) is 17.7. The summed E-state index contributed by atoms with van der Waals surface area (Å²) in [5.74, 6) is 1.29. The molecular formula is C19H20N8O. The molecule has 2 amide bonds. The van der Waals surface area contributed by atoms with Crippen LogP contribution in [0.15, 0.2) is 55.2 Å². The molecule has 0 saturated carbocycles. The quantitative estimate of drug-likeness (QED) is 0.538.